The topological polar surface area (TPSA) is 65.4 Å². The van der Waals surface area contributed by atoms with Crippen LogP contribution in [0.25, 0.3) is 10.9 Å². The number of carbonyl (C=O) groups is 1. The Balaban J connectivity index is 1.96. The van der Waals surface area contributed by atoms with Gasteiger partial charge in [0, 0.05) is 15.9 Å². The Morgan fingerprint density at radius 2 is 2.00 bits per heavy atom. The molecule has 0 spiro atoms. The van der Waals surface area contributed by atoms with Crippen molar-refractivity contribution in [1.29, 1.82) is 0 Å². The van der Waals surface area contributed by atoms with Crippen LogP contribution >= 0.6 is 11.6 Å². The molecule has 108 valence electrons. The Morgan fingerprint density at radius 1 is 1.18 bits per heavy atom. The summed E-state index contributed by atoms with van der Waals surface area (Å²) < 4.78 is 0. The largest absolute Gasteiger partial charge is 0.494 e. The number of rotatable bonds is 1. The van der Waals surface area contributed by atoms with Crippen LogP contribution in [0, 0.1) is 6.92 Å². The first-order chi connectivity index (χ1) is 10.5. The van der Waals surface area contributed by atoms with Crippen LogP contribution in [0.3, 0.4) is 0 Å². The van der Waals surface area contributed by atoms with E-state index in [4.69, 9.17) is 11.6 Å². The molecular formula is C17H11ClN2O2. The van der Waals surface area contributed by atoms with Gasteiger partial charge >= 0.3 is 0 Å². The minimum Gasteiger partial charge on any atom is -0.494 e. The fourth-order valence-electron chi connectivity index (χ4n) is 2.79. The van der Waals surface area contributed by atoms with Crippen molar-refractivity contribution in [3.8, 4) is 5.88 Å². The van der Waals surface area contributed by atoms with Gasteiger partial charge in [0.15, 0.2) is 5.88 Å². The molecule has 0 saturated heterocycles. The van der Waals surface area contributed by atoms with Gasteiger partial charge < -0.3 is 10.1 Å². The van der Waals surface area contributed by atoms with Crippen molar-refractivity contribution in [2.24, 2.45) is 4.99 Å². The van der Waals surface area contributed by atoms with Gasteiger partial charge in [-0.3, -0.25) is 4.79 Å². The summed E-state index contributed by atoms with van der Waals surface area (Å²) in [7, 11) is 0. The van der Waals surface area contributed by atoms with Crippen LogP contribution in [0.15, 0.2) is 41.4 Å². The first-order valence-electron chi connectivity index (χ1n) is 6.79. The van der Waals surface area contributed by atoms with Crippen LogP contribution in [0.2, 0.25) is 5.02 Å². The highest BCUT2D eigenvalue weighted by molar-refractivity contribution is 6.56. The molecule has 0 unspecified atom stereocenters. The predicted octanol–water partition coefficient (Wildman–Crippen LogP) is 4.15. The fraction of sp³-hybridized carbons (Fsp3) is 0.0588. The number of carbonyl (C=O) groups excluding carboxylic acids is 1. The molecule has 0 fully saturated rings. The zero-order valence-corrected chi connectivity index (χ0v) is 12.4. The molecule has 2 heterocycles. The lowest BCUT2D eigenvalue weighted by molar-refractivity contribution is 0.107. The summed E-state index contributed by atoms with van der Waals surface area (Å²) in [5.74, 6) is -0.260. The number of hydrogen-bond acceptors (Lipinski definition) is 3. The number of aromatic nitrogens is 1. The Morgan fingerprint density at radius 3 is 2.82 bits per heavy atom. The molecule has 0 aliphatic carbocycles. The lowest BCUT2D eigenvalue weighted by Gasteiger charge is -1.99. The lowest BCUT2D eigenvalue weighted by atomic mass is 10.0. The molecule has 4 nitrogen and oxygen atoms in total. The maximum atomic E-state index is 12.6. The van der Waals surface area contributed by atoms with Gasteiger partial charge in [0.1, 0.15) is 5.71 Å². The number of hydrogen-bond donors (Lipinski definition) is 2. The molecule has 0 saturated carbocycles. The molecule has 0 bridgehead atoms. The molecule has 5 heteroatoms. The van der Waals surface area contributed by atoms with Crippen molar-refractivity contribution < 1.29 is 9.90 Å². The number of Topliss-reactive ketones (excluding diaryl/α,β-unsaturated/α-hetero) is 1. The number of aryl methyl sites for hydroxylation is 1. The zero-order valence-electron chi connectivity index (χ0n) is 11.6. The second-order valence-electron chi connectivity index (χ2n) is 5.35. The molecule has 2 aromatic carbocycles. The maximum Gasteiger partial charge on any atom is 0.214 e. The molecule has 0 atom stereocenters. The summed E-state index contributed by atoms with van der Waals surface area (Å²) in [6.45, 7) is 1.93. The second kappa shape index (κ2) is 4.45. The van der Waals surface area contributed by atoms with E-state index >= 15 is 0 Å². The maximum absolute atomic E-state index is 12.6. The number of benzene rings is 2. The normalized spacial score (nSPS) is 13.5. The van der Waals surface area contributed by atoms with Crippen LogP contribution in [-0.2, 0) is 0 Å². The van der Waals surface area contributed by atoms with Gasteiger partial charge in [0.05, 0.1) is 16.8 Å². The lowest BCUT2D eigenvalue weighted by Crippen LogP contribution is -2.10. The Bertz CT molecular complexity index is 986. The third-order valence-electron chi connectivity index (χ3n) is 3.82. The number of aromatic amines is 1. The second-order valence-corrected chi connectivity index (χ2v) is 5.79. The van der Waals surface area contributed by atoms with Gasteiger partial charge in [0.25, 0.3) is 0 Å². The Labute approximate surface area is 131 Å². The number of H-pyrrole nitrogens is 1. The van der Waals surface area contributed by atoms with Crippen molar-refractivity contribution in [3.05, 3.63) is 58.1 Å². The van der Waals surface area contributed by atoms with E-state index in [0.29, 0.717) is 32.7 Å². The standard InChI is InChI=1S/C17H11ClN2O2/c1-8-2-4-13-11(6-8)16(21)15(19-13)14-10-7-9(18)3-5-12(10)20-17(14)22/h2-7,20,22H,1H3. The number of aliphatic imine (C=N–C) groups is 1. The van der Waals surface area contributed by atoms with Crippen LogP contribution in [0.4, 0.5) is 5.69 Å². The first kappa shape index (κ1) is 13.1. The van der Waals surface area contributed by atoms with E-state index < -0.39 is 0 Å². The average Bonchev–Trinajstić information content (AvgIpc) is 2.96. The third kappa shape index (κ3) is 1.77. The highest BCUT2D eigenvalue weighted by Crippen LogP contribution is 2.36. The quantitative estimate of drug-likeness (QED) is 0.709. The minimum atomic E-state index is -0.185. The summed E-state index contributed by atoms with van der Waals surface area (Å²) >= 11 is 6.03. The van der Waals surface area contributed by atoms with Gasteiger partial charge in [-0.25, -0.2) is 4.99 Å². The van der Waals surface area contributed by atoms with E-state index in [0.717, 1.165) is 5.56 Å². The highest BCUT2D eigenvalue weighted by atomic mass is 35.5. The molecule has 1 aliphatic rings. The van der Waals surface area contributed by atoms with Gasteiger partial charge in [-0.1, -0.05) is 23.2 Å². The molecule has 1 aromatic heterocycles. The molecule has 22 heavy (non-hydrogen) atoms. The zero-order chi connectivity index (χ0) is 15.4. The smallest absolute Gasteiger partial charge is 0.214 e. The summed E-state index contributed by atoms with van der Waals surface area (Å²) in [4.78, 5) is 19.9. The Hall–Kier alpha value is -2.59. The minimum absolute atomic E-state index is 0.0751. The van der Waals surface area contributed by atoms with Crippen molar-refractivity contribution in [3.63, 3.8) is 0 Å². The molecule has 2 N–H and O–H groups in total. The Kier molecular flexibility index (Phi) is 2.65. The van der Waals surface area contributed by atoms with E-state index in [1.54, 1.807) is 18.2 Å². The van der Waals surface area contributed by atoms with Gasteiger partial charge in [-0.2, -0.15) is 0 Å². The van der Waals surface area contributed by atoms with E-state index in [1.165, 1.54) is 0 Å². The highest BCUT2D eigenvalue weighted by Gasteiger charge is 2.30. The summed E-state index contributed by atoms with van der Waals surface area (Å²) in [5.41, 5.74) is 3.53. The van der Waals surface area contributed by atoms with Crippen molar-refractivity contribution in [2.75, 3.05) is 0 Å². The van der Waals surface area contributed by atoms with Crippen LogP contribution < -0.4 is 0 Å². The monoisotopic (exact) mass is 310 g/mol. The van der Waals surface area contributed by atoms with Crippen molar-refractivity contribution in [2.45, 2.75) is 6.92 Å². The van der Waals surface area contributed by atoms with Crippen molar-refractivity contribution in [1.82, 2.24) is 4.98 Å². The number of ketones is 1. The third-order valence-corrected chi connectivity index (χ3v) is 4.06. The van der Waals surface area contributed by atoms with E-state index in [-0.39, 0.29) is 17.4 Å². The number of nitrogens with one attached hydrogen (secondary N) is 1. The summed E-state index contributed by atoms with van der Waals surface area (Å²) in [5, 5.41) is 11.4. The molecule has 4 rings (SSSR count). The fourth-order valence-corrected chi connectivity index (χ4v) is 2.96. The molecule has 3 aromatic rings. The van der Waals surface area contributed by atoms with Crippen LogP contribution in [0.1, 0.15) is 21.5 Å². The van der Waals surface area contributed by atoms with Gasteiger partial charge in [-0.15, -0.1) is 0 Å². The molecule has 1 aliphatic heterocycles. The van der Waals surface area contributed by atoms with Crippen molar-refractivity contribution >= 4 is 39.7 Å². The summed E-state index contributed by atoms with van der Waals surface area (Å²) in [6.07, 6.45) is 0. The molecule has 0 amide bonds. The van der Waals surface area contributed by atoms with E-state index in [9.17, 15) is 9.90 Å². The predicted molar refractivity (Wildman–Crippen MR) is 86.7 cm³/mol. The van der Waals surface area contributed by atoms with Gasteiger partial charge in [0.2, 0.25) is 5.78 Å². The number of nitrogens with zero attached hydrogens (tertiary/aromatic N) is 1. The van der Waals surface area contributed by atoms with Crippen LogP contribution in [-0.4, -0.2) is 21.6 Å². The SMILES string of the molecule is Cc1ccc2c(c1)C(=O)C(c1c(O)[nH]c3ccc(Cl)cc13)=N2. The first-order valence-corrected chi connectivity index (χ1v) is 7.17. The molecular weight excluding hydrogens is 300 g/mol. The van der Waals surface area contributed by atoms with Gasteiger partial charge in [-0.05, 0) is 37.3 Å². The summed E-state index contributed by atoms with van der Waals surface area (Å²) in [6, 6.07) is 10.7. The molecule has 0 radical (unpaired) electrons. The average molecular weight is 311 g/mol. The number of aromatic hydroxyl groups is 1. The number of halogens is 1. The van der Waals surface area contributed by atoms with E-state index in [2.05, 4.69) is 9.98 Å². The van der Waals surface area contributed by atoms with Crippen LogP contribution in [0.5, 0.6) is 5.88 Å². The number of fused-ring (bicyclic) bond motifs is 2. The van der Waals surface area contributed by atoms with E-state index in [1.807, 2.05) is 25.1 Å².